The van der Waals surface area contributed by atoms with Crippen LogP contribution in [0.15, 0.2) is 36.4 Å². The topological polar surface area (TPSA) is 38.0 Å². The number of hydrazine groups is 1. The molecule has 0 aliphatic carbocycles. The lowest BCUT2D eigenvalue weighted by Crippen LogP contribution is -2.39. The second kappa shape index (κ2) is 7.18. The minimum atomic E-state index is -0.408. The summed E-state index contributed by atoms with van der Waals surface area (Å²) in [5, 5.41) is 0.757. The van der Waals surface area contributed by atoms with E-state index in [1.165, 1.54) is 30.3 Å². The zero-order valence-corrected chi connectivity index (χ0v) is 12.6. The first-order chi connectivity index (χ1) is 10.0. The van der Waals surface area contributed by atoms with E-state index in [1.807, 2.05) is 0 Å². The van der Waals surface area contributed by atoms with Crippen molar-refractivity contribution in [2.45, 2.75) is 18.9 Å². The lowest BCUT2D eigenvalue weighted by atomic mass is 9.98. The molecular formula is C15H14Cl2F2N2. The molecule has 0 amide bonds. The molecule has 0 radical (unpaired) electrons. The number of benzene rings is 2. The minimum absolute atomic E-state index is 0.244. The Balaban J connectivity index is 2.19. The van der Waals surface area contributed by atoms with Crippen molar-refractivity contribution in [3.63, 3.8) is 0 Å². The number of rotatable bonds is 5. The van der Waals surface area contributed by atoms with Crippen molar-refractivity contribution in [1.82, 2.24) is 5.43 Å². The van der Waals surface area contributed by atoms with Crippen LogP contribution >= 0.6 is 23.2 Å². The molecule has 2 rings (SSSR count). The second-order valence-corrected chi connectivity index (χ2v) is 5.55. The van der Waals surface area contributed by atoms with E-state index in [1.54, 1.807) is 6.07 Å². The lowest BCUT2D eigenvalue weighted by molar-refractivity contribution is 0.494. The maximum absolute atomic E-state index is 13.8. The highest BCUT2D eigenvalue weighted by atomic mass is 35.5. The van der Waals surface area contributed by atoms with E-state index in [9.17, 15) is 8.78 Å². The Bertz CT molecular complexity index is 615. The summed E-state index contributed by atoms with van der Waals surface area (Å²) in [4.78, 5) is 0. The maximum Gasteiger partial charge on any atom is 0.127 e. The summed E-state index contributed by atoms with van der Waals surface area (Å²) in [5.74, 6) is 4.70. The van der Waals surface area contributed by atoms with Gasteiger partial charge < -0.3 is 0 Å². The summed E-state index contributed by atoms with van der Waals surface area (Å²) in [6.45, 7) is 0. The highest BCUT2D eigenvalue weighted by molar-refractivity contribution is 6.31. The van der Waals surface area contributed by atoms with Gasteiger partial charge in [0.25, 0.3) is 0 Å². The Morgan fingerprint density at radius 3 is 2.48 bits per heavy atom. The molecule has 1 atom stereocenters. The Kier molecular flexibility index (Phi) is 5.53. The van der Waals surface area contributed by atoms with Crippen molar-refractivity contribution in [3.05, 3.63) is 69.2 Å². The summed E-state index contributed by atoms with van der Waals surface area (Å²) in [6, 6.07) is 8.39. The molecule has 0 aliphatic heterocycles. The molecule has 2 aromatic rings. The smallest absolute Gasteiger partial charge is 0.127 e. The van der Waals surface area contributed by atoms with Crippen molar-refractivity contribution in [1.29, 1.82) is 0 Å². The molecular weight excluding hydrogens is 317 g/mol. The zero-order chi connectivity index (χ0) is 15.4. The van der Waals surface area contributed by atoms with Crippen molar-refractivity contribution < 1.29 is 8.78 Å². The highest BCUT2D eigenvalue weighted by Crippen LogP contribution is 2.22. The van der Waals surface area contributed by atoms with Gasteiger partial charge in [-0.25, -0.2) is 8.78 Å². The van der Waals surface area contributed by atoms with Crippen molar-refractivity contribution in [2.24, 2.45) is 5.84 Å². The summed E-state index contributed by atoms with van der Waals surface area (Å²) >= 11 is 11.8. The third kappa shape index (κ3) is 4.14. The van der Waals surface area contributed by atoms with E-state index in [4.69, 9.17) is 29.0 Å². The van der Waals surface area contributed by atoms with Crippen LogP contribution in [0.2, 0.25) is 10.0 Å². The Morgan fingerprint density at radius 2 is 1.81 bits per heavy atom. The van der Waals surface area contributed by atoms with Crippen LogP contribution in [0.1, 0.15) is 11.1 Å². The van der Waals surface area contributed by atoms with Gasteiger partial charge in [0, 0.05) is 21.7 Å². The Morgan fingerprint density at radius 1 is 1.05 bits per heavy atom. The maximum atomic E-state index is 13.8. The van der Waals surface area contributed by atoms with Gasteiger partial charge in [0.15, 0.2) is 0 Å². The van der Waals surface area contributed by atoms with Crippen LogP contribution in [0.25, 0.3) is 0 Å². The SMILES string of the molecule is NNC(Cc1cc(Cl)ccc1F)Cc1c(F)cccc1Cl. The normalized spacial score (nSPS) is 12.4. The third-order valence-electron chi connectivity index (χ3n) is 3.22. The van der Waals surface area contributed by atoms with Gasteiger partial charge in [-0.3, -0.25) is 11.3 Å². The standard InChI is InChI=1S/C15H14Cl2F2N2/c16-10-4-5-14(18)9(6-10)7-11(21-20)8-12-13(17)2-1-3-15(12)19/h1-6,11,21H,7-8,20H2. The molecule has 0 spiro atoms. The van der Waals surface area contributed by atoms with Crippen molar-refractivity contribution >= 4 is 23.2 Å². The van der Waals surface area contributed by atoms with E-state index >= 15 is 0 Å². The van der Waals surface area contributed by atoms with E-state index in [-0.39, 0.29) is 24.7 Å². The van der Waals surface area contributed by atoms with Gasteiger partial charge in [0.05, 0.1) is 0 Å². The van der Waals surface area contributed by atoms with Gasteiger partial charge in [-0.1, -0.05) is 29.3 Å². The Hall–Kier alpha value is -1.20. The van der Waals surface area contributed by atoms with Gasteiger partial charge in [0.1, 0.15) is 11.6 Å². The Labute approximate surface area is 131 Å². The van der Waals surface area contributed by atoms with Crippen LogP contribution in [-0.2, 0) is 12.8 Å². The minimum Gasteiger partial charge on any atom is -0.271 e. The zero-order valence-electron chi connectivity index (χ0n) is 11.0. The van der Waals surface area contributed by atoms with Crippen LogP contribution in [-0.4, -0.2) is 6.04 Å². The molecule has 2 aromatic carbocycles. The first-order valence-corrected chi connectivity index (χ1v) is 7.09. The van der Waals surface area contributed by atoms with Crippen LogP contribution in [0.5, 0.6) is 0 Å². The number of hydrogen-bond donors (Lipinski definition) is 2. The molecule has 112 valence electrons. The fourth-order valence-electron chi connectivity index (χ4n) is 2.13. The molecule has 2 nitrogen and oxygen atoms in total. The second-order valence-electron chi connectivity index (χ2n) is 4.71. The van der Waals surface area contributed by atoms with Gasteiger partial charge in [-0.15, -0.1) is 0 Å². The molecule has 0 fully saturated rings. The molecule has 0 saturated heterocycles. The third-order valence-corrected chi connectivity index (χ3v) is 3.81. The molecule has 3 N–H and O–H groups in total. The molecule has 6 heteroatoms. The predicted octanol–water partition coefficient (Wildman–Crippen LogP) is 3.89. The molecule has 21 heavy (non-hydrogen) atoms. The molecule has 0 bridgehead atoms. The van der Waals surface area contributed by atoms with E-state index < -0.39 is 5.82 Å². The number of halogens is 4. The molecule has 0 aliphatic rings. The highest BCUT2D eigenvalue weighted by Gasteiger charge is 2.16. The largest absolute Gasteiger partial charge is 0.271 e. The fraction of sp³-hybridized carbons (Fsp3) is 0.200. The molecule has 0 aromatic heterocycles. The predicted molar refractivity (Wildman–Crippen MR) is 81.3 cm³/mol. The lowest BCUT2D eigenvalue weighted by Gasteiger charge is -2.17. The van der Waals surface area contributed by atoms with Gasteiger partial charge in [-0.2, -0.15) is 0 Å². The quantitative estimate of drug-likeness (QED) is 0.644. The van der Waals surface area contributed by atoms with Crippen LogP contribution in [0.4, 0.5) is 8.78 Å². The van der Waals surface area contributed by atoms with E-state index in [0.29, 0.717) is 21.2 Å². The van der Waals surface area contributed by atoms with Gasteiger partial charge >= 0.3 is 0 Å². The van der Waals surface area contributed by atoms with Crippen LogP contribution in [0.3, 0.4) is 0 Å². The number of hydrogen-bond acceptors (Lipinski definition) is 2. The van der Waals surface area contributed by atoms with E-state index in [0.717, 1.165) is 0 Å². The molecule has 1 unspecified atom stereocenters. The first-order valence-electron chi connectivity index (χ1n) is 6.34. The molecule has 0 saturated carbocycles. The average molecular weight is 331 g/mol. The summed E-state index contributed by atoms with van der Waals surface area (Å²) in [6.07, 6.45) is 0.515. The first kappa shape index (κ1) is 16.2. The van der Waals surface area contributed by atoms with Crippen molar-refractivity contribution in [2.75, 3.05) is 0 Å². The monoisotopic (exact) mass is 330 g/mol. The summed E-state index contributed by atoms with van der Waals surface area (Å²) in [5.41, 5.74) is 3.33. The number of nitrogens with two attached hydrogens (primary N) is 1. The van der Waals surface area contributed by atoms with Crippen LogP contribution < -0.4 is 11.3 Å². The summed E-state index contributed by atoms with van der Waals surface area (Å²) < 4.78 is 27.5. The van der Waals surface area contributed by atoms with Crippen molar-refractivity contribution in [3.8, 4) is 0 Å². The summed E-state index contributed by atoms with van der Waals surface area (Å²) in [7, 11) is 0. The van der Waals surface area contributed by atoms with Gasteiger partial charge in [0.2, 0.25) is 0 Å². The molecule has 0 heterocycles. The number of nitrogens with one attached hydrogen (secondary N) is 1. The fourth-order valence-corrected chi connectivity index (χ4v) is 2.56. The van der Waals surface area contributed by atoms with Gasteiger partial charge in [-0.05, 0) is 48.7 Å². The van der Waals surface area contributed by atoms with Crippen LogP contribution in [0, 0.1) is 11.6 Å². The van der Waals surface area contributed by atoms with E-state index in [2.05, 4.69) is 5.43 Å². The average Bonchev–Trinajstić information content (AvgIpc) is 2.45.